The number of phosphoric ester groups is 1. The summed E-state index contributed by atoms with van der Waals surface area (Å²) in [7, 11) is -5.14. The van der Waals surface area contributed by atoms with Crippen LogP contribution in [0.3, 0.4) is 0 Å². The molecule has 60 heavy (non-hydrogen) atoms. The molecule has 5 heterocycles. The first-order valence-electron chi connectivity index (χ1n) is 18.4. The monoisotopic (exact) mass is 908 g/mol. The van der Waals surface area contributed by atoms with Crippen LogP contribution in [0.25, 0.3) is 0 Å². The molecule has 0 aromatic carbocycles. The molecule has 0 saturated carbocycles. The molecule has 18 N–H and O–H groups in total. The summed E-state index contributed by atoms with van der Waals surface area (Å²) in [4.78, 5) is 18.1. The number of ether oxygens (including phenoxy) is 9. The van der Waals surface area contributed by atoms with Crippen LogP contribution in [0, 0.1) is 0 Å². The molecule has 0 aliphatic carbocycles. The lowest BCUT2D eigenvalue weighted by Crippen LogP contribution is -2.68. The van der Waals surface area contributed by atoms with Crippen LogP contribution in [-0.2, 0) is 51.7 Å². The number of phosphoric acid groups is 1. The first-order chi connectivity index (χ1) is 28.2. The number of hydrogen-bond donors (Lipinski definition) is 18. The smallest absolute Gasteiger partial charge is 0.394 e. The van der Waals surface area contributed by atoms with Gasteiger partial charge < -0.3 is 134 Å². The fourth-order valence-electron chi connectivity index (χ4n) is 7.15. The molecule has 0 bridgehead atoms. The first-order valence-corrected chi connectivity index (χ1v) is 19.9. The molecule has 30 heteroatoms. The second-order valence-corrected chi connectivity index (χ2v) is 15.8. The van der Waals surface area contributed by atoms with Crippen molar-refractivity contribution >= 4 is 7.82 Å². The fourth-order valence-corrected chi connectivity index (χ4v) is 7.50. The van der Waals surface area contributed by atoms with Crippen molar-refractivity contribution < 1.29 is 143 Å². The minimum absolute atomic E-state index is 0.819. The second kappa shape index (κ2) is 21.0. The Kier molecular flexibility index (Phi) is 17.5. The summed E-state index contributed by atoms with van der Waals surface area (Å²) in [5.41, 5.74) is 0. The molecule has 5 saturated heterocycles. The third-order valence-electron chi connectivity index (χ3n) is 10.5. The van der Waals surface area contributed by atoms with E-state index < -0.39 is 194 Å². The summed E-state index contributed by atoms with van der Waals surface area (Å²) in [6.45, 7) is -4.90. The molecule has 5 aliphatic heterocycles. The standard InChI is InChI=1S/C30H53O29P/c31-1-6-11(35)17(41)25(26(46)51-6)59-30-21(45)24(15(39)9(4-34)54-30)58-29-20(44)23(14(38)8(3-33)53-29)57-28-19(43)22(13(37)7(2-32)52-28)56-27-18(42)16(40)12(36)10(55-27)5-50-60(47,48)49/h6-46H,1-5H2,(H2,47,48,49)/t6-,7-,8-,9-,10-,11-,12-,13-,14-,15-,16+,17+,18+,19+,20+,21+,22+,23+,24+,25+,26+,27-,28-,29-,30-/m1/s1. The van der Waals surface area contributed by atoms with Gasteiger partial charge in [-0.3, -0.25) is 4.52 Å². The van der Waals surface area contributed by atoms with Crippen LogP contribution in [0.1, 0.15) is 0 Å². The lowest BCUT2D eigenvalue weighted by molar-refractivity contribution is -0.396. The average Bonchev–Trinajstić information content (AvgIpc) is 3.20. The molecule has 5 fully saturated rings. The maximum atomic E-state index is 11.4. The Balaban J connectivity index is 1.32. The predicted octanol–water partition coefficient (Wildman–Crippen LogP) is -11.8. The molecule has 5 rings (SSSR count). The van der Waals surface area contributed by atoms with E-state index in [2.05, 4.69) is 4.52 Å². The van der Waals surface area contributed by atoms with Crippen LogP contribution in [0.2, 0.25) is 0 Å². The number of aliphatic hydroxyl groups excluding tert-OH is 16. The topological polar surface area (TPSA) is 474 Å². The largest absolute Gasteiger partial charge is 0.469 e. The zero-order chi connectivity index (χ0) is 44.5. The summed E-state index contributed by atoms with van der Waals surface area (Å²) in [6.07, 6.45) is -49.2. The molecule has 352 valence electrons. The lowest BCUT2D eigenvalue weighted by Gasteiger charge is -2.49. The maximum absolute atomic E-state index is 11.4. The van der Waals surface area contributed by atoms with Gasteiger partial charge in [0.25, 0.3) is 0 Å². The van der Waals surface area contributed by atoms with Crippen molar-refractivity contribution in [2.75, 3.05) is 33.0 Å². The van der Waals surface area contributed by atoms with Crippen molar-refractivity contribution in [1.82, 2.24) is 0 Å². The third kappa shape index (κ3) is 10.8. The number of aliphatic hydroxyl groups is 16. The van der Waals surface area contributed by atoms with E-state index in [9.17, 15) is 86.3 Å². The summed E-state index contributed by atoms with van der Waals surface area (Å²) >= 11 is 0. The van der Waals surface area contributed by atoms with Gasteiger partial charge in [0.15, 0.2) is 31.5 Å². The van der Waals surface area contributed by atoms with Crippen LogP contribution in [-0.4, -0.2) is 278 Å². The van der Waals surface area contributed by atoms with Gasteiger partial charge >= 0.3 is 7.82 Å². The third-order valence-corrected chi connectivity index (χ3v) is 11.0. The highest BCUT2D eigenvalue weighted by atomic mass is 31.2. The van der Waals surface area contributed by atoms with Crippen molar-refractivity contribution in [2.45, 2.75) is 154 Å². The molecular weight excluding hydrogens is 855 g/mol. The summed E-state index contributed by atoms with van der Waals surface area (Å²) in [5, 5.41) is 168. The Morgan fingerprint density at radius 3 is 1.05 bits per heavy atom. The predicted molar refractivity (Wildman–Crippen MR) is 177 cm³/mol. The van der Waals surface area contributed by atoms with E-state index in [-0.39, 0.29) is 0 Å². The Morgan fingerprint density at radius 1 is 0.367 bits per heavy atom. The minimum atomic E-state index is -5.14. The zero-order valence-corrected chi connectivity index (χ0v) is 31.9. The Labute approximate surface area is 337 Å². The van der Waals surface area contributed by atoms with E-state index in [1.165, 1.54) is 0 Å². The molecule has 29 nitrogen and oxygen atoms in total. The minimum Gasteiger partial charge on any atom is -0.394 e. The van der Waals surface area contributed by atoms with E-state index in [1.54, 1.807) is 0 Å². The Hall–Kier alpha value is -0.890. The molecular formula is C30H53O29P. The van der Waals surface area contributed by atoms with Gasteiger partial charge in [-0.2, -0.15) is 0 Å². The quantitative estimate of drug-likeness (QED) is 0.0678. The van der Waals surface area contributed by atoms with Gasteiger partial charge in [0.05, 0.1) is 33.0 Å². The molecule has 5 aliphatic rings. The number of rotatable bonds is 15. The summed E-state index contributed by atoms with van der Waals surface area (Å²) < 4.78 is 64.4. The Morgan fingerprint density at radius 2 is 0.683 bits per heavy atom. The van der Waals surface area contributed by atoms with Gasteiger partial charge in [-0.25, -0.2) is 4.57 Å². The van der Waals surface area contributed by atoms with Gasteiger partial charge in [-0.1, -0.05) is 0 Å². The maximum Gasteiger partial charge on any atom is 0.469 e. The highest BCUT2D eigenvalue weighted by Crippen LogP contribution is 2.38. The van der Waals surface area contributed by atoms with Crippen LogP contribution in [0.5, 0.6) is 0 Å². The van der Waals surface area contributed by atoms with E-state index in [4.69, 9.17) is 52.4 Å². The van der Waals surface area contributed by atoms with Gasteiger partial charge in [0, 0.05) is 0 Å². The van der Waals surface area contributed by atoms with E-state index in [0.717, 1.165) is 0 Å². The molecule has 0 aromatic rings. The van der Waals surface area contributed by atoms with Crippen molar-refractivity contribution in [3.05, 3.63) is 0 Å². The average molecular weight is 909 g/mol. The van der Waals surface area contributed by atoms with Crippen LogP contribution in [0.4, 0.5) is 0 Å². The van der Waals surface area contributed by atoms with E-state index >= 15 is 0 Å². The number of hydrogen-bond acceptors (Lipinski definition) is 27. The van der Waals surface area contributed by atoms with Crippen LogP contribution < -0.4 is 0 Å². The van der Waals surface area contributed by atoms with Gasteiger partial charge in [0.2, 0.25) is 0 Å². The van der Waals surface area contributed by atoms with Crippen LogP contribution in [0.15, 0.2) is 0 Å². The molecule has 0 radical (unpaired) electrons. The van der Waals surface area contributed by atoms with Crippen molar-refractivity contribution in [3.8, 4) is 0 Å². The summed E-state index contributed by atoms with van der Waals surface area (Å²) in [5.74, 6) is 0. The van der Waals surface area contributed by atoms with E-state index in [1.807, 2.05) is 0 Å². The first kappa shape index (κ1) is 50.1. The highest BCUT2D eigenvalue weighted by molar-refractivity contribution is 7.46. The van der Waals surface area contributed by atoms with Crippen molar-refractivity contribution in [2.24, 2.45) is 0 Å². The van der Waals surface area contributed by atoms with Gasteiger partial charge in [-0.05, 0) is 0 Å². The fraction of sp³-hybridized carbons (Fsp3) is 1.00. The van der Waals surface area contributed by atoms with E-state index in [0.29, 0.717) is 0 Å². The molecule has 0 unspecified atom stereocenters. The lowest BCUT2D eigenvalue weighted by atomic mass is 9.95. The Bertz CT molecular complexity index is 1380. The summed E-state index contributed by atoms with van der Waals surface area (Å²) in [6, 6.07) is 0. The molecule has 0 amide bonds. The van der Waals surface area contributed by atoms with Crippen molar-refractivity contribution in [1.29, 1.82) is 0 Å². The zero-order valence-electron chi connectivity index (χ0n) is 31.0. The van der Waals surface area contributed by atoms with Crippen molar-refractivity contribution in [3.63, 3.8) is 0 Å². The SMILES string of the molecule is O=P(O)(O)OC[C@H]1O[C@H](O[C@@H]2[C@H](O)[C@@H](O[C@@H]3[C@H](O)[C@@H](O[C@@H]4[C@H](O)[C@@H](O[C@H]5[C@@H](O)[C@H](O)[C@@H](CO)O[C@@H]5O)O[C@H](CO)[C@H]4O)O[C@H](CO)[C@H]3O)O[C@H](CO)[C@H]2O)[C@@H](O)[C@@H](O)[C@@H]1O. The van der Waals surface area contributed by atoms with Gasteiger partial charge in [-0.15, -0.1) is 0 Å². The highest BCUT2D eigenvalue weighted by Gasteiger charge is 2.57. The molecule has 0 spiro atoms. The van der Waals surface area contributed by atoms with Gasteiger partial charge in [0.1, 0.15) is 122 Å². The molecule has 25 atom stereocenters. The van der Waals surface area contributed by atoms with Crippen LogP contribution >= 0.6 is 7.82 Å². The second-order valence-electron chi connectivity index (χ2n) is 14.6. The molecule has 0 aromatic heterocycles. The normalized spacial score (nSPS) is 50.7.